The molecule has 1 aromatic rings. The number of hydrogen-bond donors (Lipinski definition) is 1. The Kier molecular flexibility index (Phi) is 4.57. The zero-order chi connectivity index (χ0) is 12.1. The van der Waals surface area contributed by atoms with Gasteiger partial charge in [0.1, 0.15) is 0 Å². The first kappa shape index (κ1) is 12.6. The van der Waals surface area contributed by atoms with Crippen molar-refractivity contribution in [2.45, 2.75) is 38.3 Å². The number of rotatable bonds is 5. The van der Waals surface area contributed by atoms with E-state index in [9.17, 15) is 0 Å². The van der Waals surface area contributed by atoms with Crippen molar-refractivity contribution in [1.29, 1.82) is 0 Å². The van der Waals surface area contributed by atoms with E-state index in [2.05, 4.69) is 17.0 Å². The van der Waals surface area contributed by atoms with Gasteiger partial charge in [-0.2, -0.15) is 5.10 Å². The van der Waals surface area contributed by atoms with E-state index >= 15 is 0 Å². The van der Waals surface area contributed by atoms with E-state index in [1.807, 2.05) is 23.1 Å². The second-order valence-corrected chi connectivity index (χ2v) is 5.11. The van der Waals surface area contributed by atoms with Crippen LogP contribution in [0, 0.1) is 5.92 Å². The lowest BCUT2D eigenvalue weighted by atomic mass is 9.86. The second-order valence-electron chi connectivity index (χ2n) is 5.11. The Balaban J connectivity index is 1.71. The maximum Gasteiger partial charge on any atom is 0.0536 e. The average molecular weight is 237 g/mol. The van der Waals surface area contributed by atoms with Crippen molar-refractivity contribution in [2.75, 3.05) is 20.2 Å². The molecule has 2 rings (SSSR count). The van der Waals surface area contributed by atoms with E-state index in [-0.39, 0.29) is 0 Å². The highest BCUT2D eigenvalue weighted by molar-refractivity contribution is 4.80. The fourth-order valence-electron chi connectivity index (χ4n) is 2.64. The molecule has 1 fully saturated rings. The predicted molar refractivity (Wildman–Crippen MR) is 67.7 cm³/mol. The van der Waals surface area contributed by atoms with Gasteiger partial charge in [0.05, 0.1) is 6.54 Å². The third kappa shape index (κ3) is 3.54. The summed E-state index contributed by atoms with van der Waals surface area (Å²) in [7, 11) is 2.20. The Morgan fingerprint density at radius 1 is 1.35 bits per heavy atom. The molecule has 1 heterocycles. The van der Waals surface area contributed by atoms with E-state index in [1.54, 1.807) is 0 Å². The molecule has 1 saturated carbocycles. The predicted octanol–water partition coefficient (Wildman–Crippen LogP) is 1.37. The van der Waals surface area contributed by atoms with Gasteiger partial charge in [0, 0.05) is 31.6 Å². The SMILES string of the molecule is CN(CCn1cccn1)C1CCC(CO)CC1. The maximum atomic E-state index is 9.12. The molecule has 0 aromatic carbocycles. The van der Waals surface area contributed by atoms with Crippen LogP contribution in [-0.2, 0) is 6.54 Å². The van der Waals surface area contributed by atoms with Gasteiger partial charge in [-0.15, -0.1) is 0 Å². The molecule has 17 heavy (non-hydrogen) atoms. The first-order valence-corrected chi connectivity index (χ1v) is 6.58. The summed E-state index contributed by atoms with van der Waals surface area (Å²) in [6, 6.07) is 2.65. The highest BCUT2D eigenvalue weighted by Gasteiger charge is 2.23. The molecule has 1 aliphatic rings. The first-order chi connectivity index (χ1) is 8.29. The molecule has 1 N–H and O–H groups in total. The van der Waals surface area contributed by atoms with Crippen molar-refractivity contribution >= 4 is 0 Å². The quantitative estimate of drug-likeness (QED) is 0.841. The summed E-state index contributed by atoms with van der Waals surface area (Å²) >= 11 is 0. The lowest BCUT2D eigenvalue weighted by molar-refractivity contribution is 0.125. The van der Waals surface area contributed by atoms with E-state index in [1.165, 1.54) is 25.7 Å². The molecule has 0 unspecified atom stereocenters. The third-order valence-electron chi connectivity index (χ3n) is 3.94. The maximum absolute atomic E-state index is 9.12. The number of aliphatic hydroxyl groups is 1. The molecule has 0 spiro atoms. The van der Waals surface area contributed by atoms with Gasteiger partial charge < -0.3 is 10.0 Å². The largest absolute Gasteiger partial charge is 0.396 e. The summed E-state index contributed by atoms with van der Waals surface area (Å²) in [5.41, 5.74) is 0. The number of aromatic nitrogens is 2. The van der Waals surface area contributed by atoms with Crippen LogP contribution in [-0.4, -0.2) is 46.0 Å². The molecule has 4 heteroatoms. The van der Waals surface area contributed by atoms with Gasteiger partial charge in [0.25, 0.3) is 0 Å². The molecular formula is C13H23N3O. The van der Waals surface area contributed by atoms with Gasteiger partial charge in [-0.25, -0.2) is 0 Å². The smallest absolute Gasteiger partial charge is 0.0536 e. The molecule has 0 atom stereocenters. The van der Waals surface area contributed by atoms with Crippen LogP contribution < -0.4 is 0 Å². The minimum atomic E-state index is 0.365. The number of likely N-dealkylation sites (N-methyl/N-ethyl adjacent to an activating group) is 1. The summed E-state index contributed by atoms with van der Waals surface area (Å²) in [6.07, 6.45) is 8.63. The van der Waals surface area contributed by atoms with Gasteiger partial charge in [-0.1, -0.05) is 0 Å². The van der Waals surface area contributed by atoms with Crippen LogP contribution in [0.4, 0.5) is 0 Å². The van der Waals surface area contributed by atoms with E-state index in [0.29, 0.717) is 18.6 Å². The van der Waals surface area contributed by atoms with Crippen molar-refractivity contribution in [1.82, 2.24) is 14.7 Å². The number of aliphatic hydroxyl groups excluding tert-OH is 1. The zero-order valence-corrected chi connectivity index (χ0v) is 10.6. The van der Waals surface area contributed by atoms with Crippen LogP contribution in [0.5, 0.6) is 0 Å². The zero-order valence-electron chi connectivity index (χ0n) is 10.6. The molecule has 0 saturated heterocycles. The van der Waals surface area contributed by atoms with Crippen LogP contribution in [0.25, 0.3) is 0 Å². The standard InChI is InChI=1S/C13H23N3O/c1-15(9-10-16-8-2-7-14-16)13-5-3-12(11-17)4-6-13/h2,7-8,12-13,17H,3-6,9-11H2,1H3. The molecule has 0 amide bonds. The van der Waals surface area contributed by atoms with E-state index in [0.717, 1.165) is 13.1 Å². The first-order valence-electron chi connectivity index (χ1n) is 6.58. The highest BCUT2D eigenvalue weighted by atomic mass is 16.3. The normalized spacial score (nSPS) is 25.4. The molecule has 96 valence electrons. The molecule has 0 radical (unpaired) electrons. The van der Waals surface area contributed by atoms with Gasteiger partial charge in [0.15, 0.2) is 0 Å². The summed E-state index contributed by atoms with van der Waals surface area (Å²) in [5, 5.41) is 13.3. The summed E-state index contributed by atoms with van der Waals surface area (Å²) in [6.45, 7) is 2.38. The molecular weight excluding hydrogens is 214 g/mol. The van der Waals surface area contributed by atoms with Crippen LogP contribution >= 0.6 is 0 Å². The summed E-state index contributed by atoms with van der Waals surface area (Å²) in [5.74, 6) is 0.547. The second kappa shape index (κ2) is 6.17. The van der Waals surface area contributed by atoms with Gasteiger partial charge in [0.2, 0.25) is 0 Å². The van der Waals surface area contributed by atoms with Crippen molar-refractivity contribution in [3.05, 3.63) is 18.5 Å². The summed E-state index contributed by atoms with van der Waals surface area (Å²) in [4.78, 5) is 2.44. The van der Waals surface area contributed by atoms with Gasteiger partial charge in [-0.05, 0) is 44.7 Å². The fraction of sp³-hybridized carbons (Fsp3) is 0.769. The van der Waals surface area contributed by atoms with Gasteiger partial charge >= 0.3 is 0 Å². The fourth-order valence-corrected chi connectivity index (χ4v) is 2.64. The number of nitrogens with zero attached hydrogens (tertiary/aromatic N) is 3. The summed E-state index contributed by atoms with van der Waals surface area (Å²) < 4.78 is 1.98. The van der Waals surface area contributed by atoms with E-state index < -0.39 is 0 Å². The minimum absolute atomic E-state index is 0.365. The lowest BCUT2D eigenvalue weighted by Crippen LogP contribution is -2.37. The molecule has 1 aromatic heterocycles. The third-order valence-corrected chi connectivity index (χ3v) is 3.94. The van der Waals surface area contributed by atoms with Crippen molar-refractivity contribution in [3.8, 4) is 0 Å². The molecule has 0 aliphatic heterocycles. The monoisotopic (exact) mass is 237 g/mol. The average Bonchev–Trinajstić information content (AvgIpc) is 2.89. The molecule has 0 bridgehead atoms. The van der Waals surface area contributed by atoms with Crippen LogP contribution in [0.2, 0.25) is 0 Å². The Hall–Kier alpha value is -0.870. The van der Waals surface area contributed by atoms with Crippen LogP contribution in [0.15, 0.2) is 18.5 Å². The Morgan fingerprint density at radius 3 is 2.71 bits per heavy atom. The topological polar surface area (TPSA) is 41.3 Å². The molecule has 1 aliphatic carbocycles. The number of hydrogen-bond acceptors (Lipinski definition) is 3. The van der Waals surface area contributed by atoms with Crippen molar-refractivity contribution < 1.29 is 5.11 Å². The Labute approximate surface area is 103 Å². The highest BCUT2D eigenvalue weighted by Crippen LogP contribution is 2.26. The van der Waals surface area contributed by atoms with Crippen molar-refractivity contribution in [2.24, 2.45) is 5.92 Å². The Bertz CT molecular complexity index is 304. The Morgan fingerprint density at radius 2 is 2.12 bits per heavy atom. The minimum Gasteiger partial charge on any atom is -0.396 e. The molecule has 4 nitrogen and oxygen atoms in total. The van der Waals surface area contributed by atoms with Gasteiger partial charge in [-0.3, -0.25) is 4.68 Å². The lowest BCUT2D eigenvalue weighted by Gasteiger charge is -2.34. The van der Waals surface area contributed by atoms with Crippen molar-refractivity contribution in [3.63, 3.8) is 0 Å². The van der Waals surface area contributed by atoms with Crippen LogP contribution in [0.1, 0.15) is 25.7 Å². The van der Waals surface area contributed by atoms with E-state index in [4.69, 9.17) is 5.11 Å². The van der Waals surface area contributed by atoms with Crippen LogP contribution in [0.3, 0.4) is 0 Å².